The van der Waals surface area contributed by atoms with Gasteiger partial charge in [0.2, 0.25) is 11.6 Å². The van der Waals surface area contributed by atoms with Crippen molar-refractivity contribution in [1.82, 2.24) is 0 Å². The first-order valence-electron chi connectivity index (χ1n) is 10.2. The van der Waals surface area contributed by atoms with Gasteiger partial charge in [0.05, 0.1) is 0 Å². The number of allylic oxidation sites excluding steroid dienone is 4. The van der Waals surface area contributed by atoms with Crippen molar-refractivity contribution in [3.8, 4) is 0 Å². The molecule has 0 fully saturated rings. The summed E-state index contributed by atoms with van der Waals surface area (Å²) in [7, 11) is 0. The highest BCUT2D eigenvalue weighted by molar-refractivity contribution is 5.84. The molecule has 2 unspecified atom stereocenters. The van der Waals surface area contributed by atoms with Crippen molar-refractivity contribution in [2.45, 2.75) is 53.1 Å². The summed E-state index contributed by atoms with van der Waals surface area (Å²) < 4.78 is 26.4. The Morgan fingerprint density at radius 2 is 0.829 bits per heavy atom. The van der Waals surface area contributed by atoms with Gasteiger partial charge in [0, 0.05) is 60.9 Å². The van der Waals surface area contributed by atoms with Crippen LogP contribution in [0.15, 0.2) is 47.1 Å². The molecule has 0 aliphatic carbocycles. The summed E-state index contributed by atoms with van der Waals surface area (Å²) in [6.07, 6.45) is 3.88. The van der Waals surface area contributed by atoms with E-state index in [1.54, 1.807) is 0 Å². The SMILES string of the molecule is CC(N)=CC(=O)OCC(C)(OC(=O)C=C(C)N)OC(C)(COC(=O)C=C(C)N)OC(=O)C=C(C)N. The van der Waals surface area contributed by atoms with Gasteiger partial charge in [-0.2, -0.15) is 0 Å². The first-order valence-corrected chi connectivity index (χ1v) is 10.2. The summed E-state index contributed by atoms with van der Waals surface area (Å²) in [6, 6.07) is 0. The third-order valence-electron chi connectivity index (χ3n) is 3.40. The van der Waals surface area contributed by atoms with Gasteiger partial charge in [-0.05, 0) is 27.7 Å². The Bertz CT molecular complexity index is 849. The Kier molecular flexibility index (Phi) is 12.1. The van der Waals surface area contributed by atoms with E-state index in [1.807, 2.05) is 0 Å². The van der Waals surface area contributed by atoms with E-state index in [0.29, 0.717) is 0 Å². The van der Waals surface area contributed by atoms with Gasteiger partial charge in [0.15, 0.2) is 13.2 Å². The zero-order valence-corrected chi connectivity index (χ0v) is 20.7. The van der Waals surface area contributed by atoms with Crippen LogP contribution in [0.5, 0.6) is 0 Å². The van der Waals surface area contributed by atoms with E-state index in [2.05, 4.69) is 0 Å². The molecule has 0 spiro atoms. The van der Waals surface area contributed by atoms with Crippen molar-refractivity contribution in [2.75, 3.05) is 13.2 Å². The van der Waals surface area contributed by atoms with Crippen LogP contribution < -0.4 is 22.9 Å². The summed E-state index contributed by atoms with van der Waals surface area (Å²) in [5.41, 5.74) is 22.5. The molecule has 0 aromatic rings. The molecule has 0 rings (SSSR count). The van der Waals surface area contributed by atoms with Crippen molar-refractivity contribution >= 4 is 23.9 Å². The molecular weight excluding hydrogens is 464 g/mol. The van der Waals surface area contributed by atoms with E-state index >= 15 is 0 Å². The molecule has 13 heteroatoms. The third kappa shape index (κ3) is 14.7. The zero-order valence-electron chi connectivity index (χ0n) is 20.7. The van der Waals surface area contributed by atoms with Crippen molar-refractivity contribution in [3.63, 3.8) is 0 Å². The van der Waals surface area contributed by atoms with Crippen LogP contribution >= 0.6 is 0 Å². The van der Waals surface area contributed by atoms with Crippen LogP contribution in [0.1, 0.15) is 41.5 Å². The second kappa shape index (κ2) is 13.6. The molecule has 2 atom stereocenters. The maximum Gasteiger partial charge on any atom is 0.335 e. The van der Waals surface area contributed by atoms with E-state index in [0.717, 1.165) is 24.3 Å². The number of nitrogens with two attached hydrogens (primary N) is 4. The van der Waals surface area contributed by atoms with Crippen LogP contribution in [-0.4, -0.2) is 48.7 Å². The highest BCUT2D eigenvalue weighted by Gasteiger charge is 2.43. The number of hydrogen-bond acceptors (Lipinski definition) is 13. The fourth-order valence-electron chi connectivity index (χ4n) is 2.33. The number of rotatable bonds is 12. The lowest BCUT2D eigenvalue weighted by atomic mass is 10.2. The average Bonchev–Trinajstić information content (AvgIpc) is 2.62. The van der Waals surface area contributed by atoms with Crippen LogP contribution in [0, 0.1) is 0 Å². The van der Waals surface area contributed by atoms with Crippen LogP contribution in [-0.2, 0) is 42.9 Å². The Labute approximate surface area is 203 Å². The highest BCUT2D eigenvalue weighted by atomic mass is 16.8. The quantitative estimate of drug-likeness (QED) is 0.121. The molecular formula is C22H34N4O9. The molecule has 196 valence electrons. The summed E-state index contributed by atoms with van der Waals surface area (Å²) in [4.78, 5) is 48.4. The Balaban J connectivity index is 6.10. The molecule has 0 bridgehead atoms. The van der Waals surface area contributed by atoms with Gasteiger partial charge < -0.3 is 41.9 Å². The topological polar surface area (TPSA) is 219 Å². The second-order valence-electron chi connectivity index (χ2n) is 7.98. The van der Waals surface area contributed by atoms with Crippen molar-refractivity contribution < 1.29 is 42.9 Å². The molecule has 0 heterocycles. The molecule has 0 aliphatic rings. The van der Waals surface area contributed by atoms with Crippen LogP contribution in [0.4, 0.5) is 0 Å². The number of ether oxygens (including phenoxy) is 5. The minimum atomic E-state index is -2.06. The first-order chi connectivity index (χ1) is 15.9. The molecule has 0 aromatic heterocycles. The molecule has 35 heavy (non-hydrogen) atoms. The summed E-state index contributed by atoms with van der Waals surface area (Å²) >= 11 is 0. The standard InChI is InChI=1S/C22H34N4O9/c1-13(23)7-17(27)31-11-21(5,33-19(29)9-15(3)25)35-22(6,34-20(30)10-16(4)26)12-32-18(28)8-14(2)24/h7-10H,11-12,23-26H2,1-6H3. The largest absolute Gasteiger partial charge is 0.455 e. The van der Waals surface area contributed by atoms with Crippen molar-refractivity contribution in [2.24, 2.45) is 22.9 Å². The van der Waals surface area contributed by atoms with E-state index < -0.39 is 48.7 Å². The summed E-state index contributed by atoms with van der Waals surface area (Å²) in [6.45, 7) is 6.89. The van der Waals surface area contributed by atoms with Gasteiger partial charge in [-0.3, -0.25) is 4.74 Å². The third-order valence-corrected chi connectivity index (χ3v) is 3.40. The maximum atomic E-state index is 12.3. The molecule has 0 aromatic carbocycles. The van der Waals surface area contributed by atoms with Crippen LogP contribution in [0.25, 0.3) is 0 Å². The molecule has 13 nitrogen and oxygen atoms in total. The van der Waals surface area contributed by atoms with E-state index in [9.17, 15) is 19.2 Å². The van der Waals surface area contributed by atoms with Crippen LogP contribution in [0.3, 0.4) is 0 Å². The lowest BCUT2D eigenvalue weighted by Crippen LogP contribution is -2.51. The second-order valence-corrected chi connectivity index (χ2v) is 7.98. The summed E-state index contributed by atoms with van der Waals surface area (Å²) in [5, 5.41) is 0. The molecule has 0 saturated carbocycles. The van der Waals surface area contributed by atoms with Crippen molar-refractivity contribution in [3.05, 3.63) is 47.1 Å². The molecule has 0 amide bonds. The van der Waals surface area contributed by atoms with Gasteiger partial charge in [-0.1, -0.05) is 0 Å². The fraction of sp³-hybridized carbons (Fsp3) is 0.455. The van der Waals surface area contributed by atoms with Gasteiger partial charge in [0.1, 0.15) is 0 Å². The predicted molar refractivity (Wildman–Crippen MR) is 124 cm³/mol. The maximum absolute atomic E-state index is 12.3. The molecule has 8 N–H and O–H groups in total. The van der Waals surface area contributed by atoms with Crippen LogP contribution in [0.2, 0.25) is 0 Å². The van der Waals surface area contributed by atoms with E-state index in [-0.39, 0.29) is 22.8 Å². The number of carbonyl (C=O) groups is 4. The van der Waals surface area contributed by atoms with Gasteiger partial charge in [-0.15, -0.1) is 0 Å². The molecule has 0 saturated heterocycles. The fourth-order valence-corrected chi connectivity index (χ4v) is 2.33. The number of hydrogen-bond donors (Lipinski definition) is 4. The highest BCUT2D eigenvalue weighted by Crippen LogP contribution is 2.26. The Morgan fingerprint density at radius 3 is 1.09 bits per heavy atom. The average molecular weight is 499 g/mol. The smallest absolute Gasteiger partial charge is 0.335 e. The Hall–Kier alpha value is -4.00. The lowest BCUT2D eigenvalue weighted by Gasteiger charge is -2.37. The molecule has 0 radical (unpaired) electrons. The number of esters is 4. The van der Waals surface area contributed by atoms with Crippen molar-refractivity contribution in [1.29, 1.82) is 0 Å². The summed E-state index contributed by atoms with van der Waals surface area (Å²) in [5.74, 6) is -7.76. The normalized spacial score (nSPS) is 16.4. The minimum absolute atomic E-state index is 0.117. The predicted octanol–water partition coefficient (Wildman–Crippen LogP) is 0.0582. The monoisotopic (exact) mass is 498 g/mol. The minimum Gasteiger partial charge on any atom is -0.455 e. The van der Waals surface area contributed by atoms with Gasteiger partial charge >= 0.3 is 23.9 Å². The zero-order chi connectivity index (χ0) is 27.4. The van der Waals surface area contributed by atoms with E-state index in [1.165, 1.54) is 41.5 Å². The lowest BCUT2D eigenvalue weighted by molar-refractivity contribution is -0.340. The first kappa shape index (κ1) is 31.0. The van der Waals surface area contributed by atoms with Gasteiger partial charge in [-0.25, -0.2) is 19.2 Å². The van der Waals surface area contributed by atoms with E-state index in [4.69, 9.17) is 46.6 Å². The van der Waals surface area contributed by atoms with Gasteiger partial charge in [0.25, 0.3) is 0 Å². The number of carbonyl (C=O) groups excluding carboxylic acids is 4. The Morgan fingerprint density at radius 1 is 0.571 bits per heavy atom. The molecule has 0 aliphatic heterocycles.